The predicted molar refractivity (Wildman–Crippen MR) is 169 cm³/mol. The maximum atomic E-state index is 13.8. The van der Waals surface area contributed by atoms with E-state index in [4.69, 9.17) is 26.2 Å². The lowest BCUT2D eigenvalue weighted by molar-refractivity contribution is -0.128. The lowest BCUT2D eigenvalue weighted by atomic mass is 10.1. The largest absolute Gasteiger partial charge is 0.495 e. The van der Waals surface area contributed by atoms with Crippen LogP contribution in [0.2, 0.25) is 0 Å². The Hall–Kier alpha value is -4.75. The Morgan fingerprint density at radius 3 is 2.55 bits per heavy atom. The lowest BCUT2D eigenvalue weighted by Gasteiger charge is -2.30. The minimum Gasteiger partial charge on any atom is -0.495 e. The summed E-state index contributed by atoms with van der Waals surface area (Å²) < 4.78 is 61.4. The summed E-state index contributed by atoms with van der Waals surface area (Å²) in [5.41, 5.74) is -1.56. The maximum Gasteiger partial charge on any atom is 0.394 e. The summed E-state index contributed by atoms with van der Waals surface area (Å²) in [5.74, 6) is 4.36. The number of rotatable bonds is 9. The number of nitrogens with one attached hydrogen (secondary N) is 4. The molecule has 3 aromatic rings. The fourth-order valence-electron chi connectivity index (χ4n) is 4.86. The Kier molecular flexibility index (Phi) is 13.0. The van der Waals surface area contributed by atoms with Crippen LogP contribution in [0.1, 0.15) is 34.6 Å². The SMILES string of the molecule is CNC(=O)c1cccc(OC)c1NCC#Cc1nc2c(NC3CCN(C)CC3)cc(NC(=O)C(F)Cl)cn2c1CC(F)(F)F.O=CO. The van der Waals surface area contributed by atoms with E-state index in [1.807, 2.05) is 7.05 Å². The summed E-state index contributed by atoms with van der Waals surface area (Å²) in [6.07, 6.45) is -3.23. The number of amides is 2. The van der Waals surface area contributed by atoms with E-state index >= 15 is 0 Å². The second-order valence-electron chi connectivity index (χ2n) is 10.3. The molecule has 0 aliphatic carbocycles. The number of hydrogen-bond acceptors (Lipinski definition) is 8. The van der Waals surface area contributed by atoms with Crippen molar-refractivity contribution in [1.82, 2.24) is 19.6 Å². The van der Waals surface area contributed by atoms with Gasteiger partial charge in [0.2, 0.25) is 0 Å². The fraction of sp³-hybridized carbons (Fsp3) is 0.400. The van der Waals surface area contributed by atoms with Crippen molar-refractivity contribution in [1.29, 1.82) is 0 Å². The topological polar surface area (TPSA) is 149 Å². The number of benzene rings is 1. The zero-order chi connectivity index (χ0) is 34.7. The van der Waals surface area contributed by atoms with Crippen LogP contribution in [0, 0.1) is 11.8 Å². The molecule has 0 radical (unpaired) electrons. The minimum absolute atomic E-state index is 0.0141. The van der Waals surface area contributed by atoms with Gasteiger partial charge in [-0.25, -0.2) is 9.37 Å². The molecule has 1 unspecified atom stereocenters. The maximum absolute atomic E-state index is 13.8. The molecule has 1 aromatic carbocycles. The quantitative estimate of drug-likeness (QED) is 0.0979. The number of imidazole rings is 1. The standard InChI is InChI=1S/C29H32ClF4N7O3.CH2O2/c1-35-27(42)19-6-4-8-23(44-3)24(19)36-11-5-7-20-22(15-29(32,33)34)41-16-18(38-28(43)25(30)31)14-21(26(41)39-20)37-17-9-12-40(2)13-10-17;2-1-3/h4,6,8,14,16-17,25,36-37H,9-13,15H2,1-3H3,(H,35,42)(H,38,43);1H,(H,2,3). The van der Waals surface area contributed by atoms with E-state index in [9.17, 15) is 27.2 Å². The van der Waals surface area contributed by atoms with Crippen molar-refractivity contribution < 1.29 is 41.8 Å². The van der Waals surface area contributed by atoms with E-state index in [2.05, 4.69) is 43.0 Å². The van der Waals surface area contributed by atoms with Crippen molar-refractivity contribution >= 4 is 52.6 Å². The molecule has 17 heteroatoms. The van der Waals surface area contributed by atoms with E-state index < -0.39 is 24.1 Å². The zero-order valence-electron chi connectivity index (χ0n) is 25.7. The van der Waals surface area contributed by atoms with Gasteiger partial charge in [-0.2, -0.15) is 13.2 Å². The number of alkyl halides is 5. The second-order valence-corrected chi connectivity index (χ2v) is 10.7. The molecule has 1 saturated heterocycles. The molecule has 12 nitrogen and oxygen atoms in total. The third kappa shape index (κ3) is 10.1. The highest BCUT2D eigenvalue weighted by Crippen LogP contribution is 2.31. The van der Waals surface area contributed by atoms with Crippen LogP contribution in [0.25, 0.3) is 5.65 Å². The highest BCUT2D eigenvalue weighted by atomic mass is 35.5. The first-order valence-corrected chi connectivity index (χ1v) is 14.6. The van der Waals surface area contributed by atoms with Crippen LogP contribution in [-0.2, 0) is 16.0 Å². The first-order valence-electron chi connectivity index (χ1n) is 14.2. The van der Waals surface area contributed by atoms with E-state index in [1.165, 1.54) is 30.8 Å². The molecular weight excluding hydrogens is 650 g/mol. The van der Waals surface area contributed by atoms with Crippen molar-refractivity contribution in [2.45, 2.75) is 37.1 Å². The van der Waals surface area contributed by atoms with Gasteiger partial charge in [-0.1, -0.05) is 23.6 Å². The molecule has 1 fully saturated rings. The summed E-state index contributed by atoms with van der Waals surface area (Å²) in [4.78, 5) is 39.3. The number of ether oxygens (including phenoxy) is 1. The molecule has 2 aromatic heterocycles. The monoisotopic (exact) mass is 683 g/mol. The molecule has 5 N–H and O–H groups in total. The zero-order valence-corrected chi connectivity index (χ0v) is 26.4. The number of fused-ring (bicyclic) bond motifs is 1. The van der Waals surface area contributed by atoms with E-state index in [0.29, 0.717) is 22.7 Å². The Morgan fingerprint density at radius 2 is 1.96 bits per heavy atom. The molecule has 2 amide bonds. The molecule has 4 rings (SSSR count). The summed E-state index contributed by atoms with van der Waals surface area (Å²) >= 11 is 5.28. The van der Waals surface area contributed by atoms with Crippen LogP contribution in [0.3, 0.4) is 0 Å². The number of likely N-dealkylation sites (tertiary alicyclic amines) is 1. The van der Waals surface area contributed by atoms with Crippen LogP contribution in [0.4, 0.5) is 34.6 Å². The molecule has 47 heavy (non-hydrogen) atoms. The third-order valence-corrected chi connectivity index (χ3v) is 7.21. The number of pyridine rings is 1. The second kappa shape index (κ2) is 16.7. The molecule has 1 atom stereocenters. The molecule has 3 heterocycles. The Labute approximate surface area is 272 Å². The smallest absolute Gasteiger partial charge is 0.394 e. The molecular formula is C30H34ClF4N7O5. The number of carboxylic acid groups (broad SMARTS) is 1. The van der Waals surface area contributed by atoms with Crippen molar-refractivity contribution in [3.8, 4) is 17.6 Å². The normalized spacial score (nSPS) is 14.1. The number of para-hydroxylation sites is 1. The van der Waals surface area contributed by atoms with Gasteiger partial charge in [0.15, 0.2) is 5.65 Å². The number of carbonyl (C=O) groups excluding carboxylic acids is 2. The van der Waals surface area contributed by atoms with Crippen LogP contribution in [0.5, 0.6) is 5.75 Å². The predicted octanol–water partition coefficient (Wildman–Crippen LogP) is 3.95. The number of carbonyl (C=O) groups is 3. The molecule has 1 aliphatic heterocycles. The molecule has 0 spiro atoms. The summed E-state index contributed by atoms with van der Waals surface area (Å²) in [6.45, 7) is 1.32. The highest BCUT2D eigenvalue weighted by molar-refractivity contribution is 6.31. The van der Waals surface area contributed by atoms with Crippen molar-refractivity contribution in [3.05, 3.63) is 47.4 Å². The van der Waals surface area contributed by atoms with Crippen LogP contribution in [0.15, 0.2) is 30.5 Å². The molecule has 1 aliphatic rings. The Morgan fingerprint density at radius 1 is 1.28 bits per heavy atom. The molecule has 0 bridgehead atoms. The van der Waals surface area contributed by atoms with Crippen molar-refractivity contribution in [2.75, 3.05) is 56.8 Å². The van der Waals surface area contributed by atoms with E-state index in [1.54, 1.807) is 18.2 Å². The number of halogens is 5. The first-order chi connectivity index (χ1) is 22.3. The van der Waals surface area contributed by atoms with Gasteiger partial charge in [-0.15, -0.1) is 0 Å². The average Bonchev–Trinajstić information content (AvgIpc) is 3.35. The van der Waals surface area contributed by atoms with E-state index in [0.717, 1.165) is 25.9 Å². The Balaban J connectivity index is 0.00000192. The van der Waals surface area contributed by atoms with Gasteiger partial charge in [-0.05, 0) is 57.1 Å². The van der Waals surface area contributed by atoms with Crippen molar-refractivity contribution in [2.24, 2.45) is 0 Å². The lowest BCUT2D eigenvalue weighted by Crippen LogP contribution is -2.36. The van der Waals surface area contributed by atoms with Crippen molar-refractivity contribution in [3.63, 3.8) is 0 Å². The van der Waals surface area contributed by atoms with Gasteiger partial charge in [-0.3, -0.25) is 18.8 Å². The average molecular weight is 684 g/mol. The van der Waals surface area contributed by atoms with Gasteiger partial charge >= 0.3 is 6.18 Å². The minimum atomic E-state index is -4.62. The number of aromatic nitrogens is 2. The summed E-state index contributed by atoms with van der Waals surface area (Å²) in [7, 11) is 4.92. The summed E-state index contributed by atoms with van der Waals surface area (Å²) in [6, 6.07) is 6.35. The first kappa shape index (κ1) is 36.7. The van der Waals surface area contributed by atoms with Gasteiger partial charge in [0.1, 0.15) is 11.4 Å². The van der Waals surface area contributed by atoms with E-state index in [-0.39, 0.29) is 47.7 Å². The van der Waals surface area contributed by atoms with Gasteiger partial charge in [0.05, 0.1) is 48.4 Å². The molecule has 0 saturated carbocycles. The van der Waals surface area contributed by atoms with Gasteiger partial charge in [0, 0.05) is 19.3 Å². The van der Waals surface area contributed by atoms with Crippen LogP contribution >= 0.6 is 11.6 Å². The van der Waals surface area contributed by atoms with Crippen LogP contribution < -0.4 is 26.0 Å². The van der Waals surface area contributed by atoms with Crippen LogP contribution in [-0.4, -0.2) is 96.4 Å². The highest BCUT2D eigenvalue weighted by Gasteiger charge is 2.32. The summed E-state index contributed by atoms with van der Waals surface area (Å²) in [5, 5.41) is 18.1. The van der Waals surface area contributed by atoms with Gasteiger partial charge in [0.25, 0.3) is 23.9 Å². The number of nitrogens with zero attached hydrogens (tertiary/aromatic N) is 3. The number of methoxy groups -OCH3 is 1. The molecule has 254 valence electrons. The number of piperidine rings is 1. The third-order valence-electron chi connectivity index (χ3n) is 7.01. The van der Waals surface area contributed by atoms with Gasteiger partial charge < -0.3 is 36.0 Å². The number of hydrogen-bond donors (Lipinski definition) is 5. The number of anilines is 3. The fourth-order valence-corrected chi connectivity index (χ4v) is 4.92. The Bertz CT molecular complexity index is 1630.